The molecule has 0 aliphatic rings. The minimum atomic E-state index is -1.61. The van der Waals surface area contributed by atoms with Crippen LogP contribution in [0.15, 0.2) is 29.0 Å². The molecule has 0 aliphatic carbocycles. The number of aliphatic hydroxyl groups is 2. The van der Waals surface area contributed by atoms with Crippen molar-refractivity contribution < 1.29 is 14.6 Å². The number of hydrogen-bond acceptors (Lipinski definition) is 5. The van der Waals surface area contributed by atoms with E-state index < -0.39 is 6.29 Å². The van der Waals surface area contributed by atoms with Gasteiger partial charge in [0.15, 0.2) is 6.29 Å². The lowest BCUT2D eigenvalue weighted by molar-refractivity contribution is -0.0458. The first-order chi connectivity index (χ1) is 7.18. The second-order valence-corrected chi connectivity index (χ2v) is 3.09. The molecule has 15 heavy (non-hydrogen) atoms. The number of rotatable bonds is 2. The van der Waals surface area contributed by atoms with Crippen LogP contribution in [0.5, 0.6) is 0 Å². The minimum Gasteiger partial charge on any atom is -0.444 e. The summed E-state index contributed by atoms with van der Waals surface area (Å²) >= 11 is 0. The van der Waals surface area contributed by atoms with Crippen LogP contribution in [-0.2, 0) is 0 Å². The molecule has 0 amide bonds. The van der Waals surface area contributed by atoms with Gasteiger partial charge in [0.2, 0.25) is 5.89 Å². The zero-order chi connectivity index (χ0) is 10.8. The second kappa shape index (κ2) is 3.80. The van der Waals surface area contributed by atoms with Gasteiger partial charge in [-0.25, -0.2) is 4.98 Å². The molecule has 78 valence electrons. The molecule has 0 aliphatic heterocycles. The van der Waals surface area contributed by atoms with Gasteiger partial charge in [0.1, 0.15) is 12.0 Å². The van der Waals surface area contributed by atoms with E-state index in [1.165, 1.54) is 6.26 Å². The molecule has 2 N–H and O–H groups in total. The van der Waals surface area contributed by atoms with Crippen LogP contribution < -0.4 is 0 Å². The zero-order valence-electron chi connectivity index (χ0n) is 8.08. The van der Waals surface area contributed by atoms with Gasteiger partial charge in [-0.2, -0.15) is 0 Å². The quantitative estimate of drug-likeness (QED) is 0.717. The molecule has 2 heterocycles. The molecule has 2 rings (SSSR count). The standard InChI is InChI=1S/C10H10N2O3/c1-6-7(3-2-4-11-6)9-12-8(5-15-9)10(13)14/h2-5,10,13-14H,1H3. The van der Waals surface area contributed by atoms with E-state index in [9.17, 15) is 0 Å². The third-order valence-electron chi connectivity index (χ3n) is 2.02. The summed E-state index contributed by atoms with van der Waals surface area (Å²) in [4.78, 5) is 8.02. The first-order valence-corrected chi connectivity index (χ1v) is 4.42. The SMILES string of the molecule is Cc1ncccc1-c1nc(C(O)O)co1. The summed E-state index contributed by atoms with van der Waals surface area (Å²) in [5, 5.41) is 17.7. The smallest absolute Gasteiger partial charge is 0.228 e. The molecule has 5 heteroatoms. The summed E-state index contributed by atoms with van der Waals surface area (Å²) in [5.41, 5.74) is 1.61. The van der Waals surface area contributed by atoms with Crippen molar-refractivity contribution in [2.45, 2.75) is 13.2 Å². The molecule has 0 saturated heterocycles. The molecular weight excluding hydrogens is 196 g/mol. The van der Waals surface area contributed by atoms with E-state index in [0.29, 0.717) is 5.89 Å². The maximum atomic E-state index is 8.87. The first-order valence-electron chi connectivity index (χ1n) is 4.42. The van der Waals surface area contributed by atoms with Crippen LogP contribution in [0.1, 0.15) is 17.7 Å². The van der Waals surface area contributed by atoms with Gasteiger partial charge >= 0.3 is 0 Å². The maximum absolute atomic E-state index is 8.87. The van der Waals surface area contributed by atoms with Gasteiger partial charge < -0.3 is 14.6 Å². The number of aliphatic hydroxyl groups excluding tert-OH is 1. The van der Waals surface area contributed by atoms with Crippen LogP contribution in [0.3, 0.4) is 0 Å². The monoisotopic (exact) mass is 206 g/mol. The lowest BCUT2D eigenvalue weighted by Gasteiger charge is -1.98. The van der Waals surface area contributed by atoms with Gasteiger partial charge in [-0.3, -0.25) is 4.98 Å². The average Bonchev–Trinajstić information content (AvgIpc) is 2.67. The highest BCUT2D eigenvalue weighted by molar-refractivity contribution is 5.55. The summed E-state index contributed by atoms with van der Waals surface area (Å²) in [6.45, 7) is 1.83. The Bertz CT molecular complexity index is 465. The fourth-order valence-corrected chi connectivity index (χ4v) is 1.24. The van der Waals surface area contributed by atoms with E-state index in [2.05, 4.69) is 9.97 Å². The maximum Gasteiger partial charge on any atom is 0.228 e. The first kappa shape index (κ1) is 9.82. The number of nitrogens with zero attached hydrogens (tertiary/aromatic N) is 2. The number of oxazole rings is 1. The number of pyridine rings is 1. The number of hydrogen-bond donors (Lipinski definition) is 2. The lowest BCUT2D eigenvalue weighted by atomic mass is 10.2. The van der Waals surface area contributed by atoms with E-state index in [-0.39, 0.29) is 5.69 Å². The normalized spacial score (nSPS) is 10.9. The van der Waals surface area contributed by atoms with Crippen molar-refractivity contribution in [1.29, 1.82) is 0 Å². The number of aromatic nitrogens is 2. The van der Waals surface area contributed by atoms with Gasteiger partial charge in [-0.15, -0.1) is 0 Å². The van der Waals surface area contributed by atoms with Crippen molar-refractivity contribution in [2.24, 2.45) is 0 Å². The van der Waals surface area contributed by atoms with Gasteiger partial charge in [0.25, 0.3) is 0 Å². The molecule has 0 unspecified atom stereocenters. The van der Waals surface area contributed by atoms with Crippen molar-refractivity contribution in [3.8, 4) is 11.5 Å². The Kier molecular flexibility index (Phi) is 2.49. The molecule has 0 aromatic carbocycles. The van der Waals surface area contributed by atoms with Crippen molar-refractivity contribution in [3.63, 3.8) is 0 Å². The van der Waals surface area contributed by atoms with Crippen LogP contribution in [0.25, 0.3) is 11.5 Å². The highest BCUT2D eigenvalue weighted by Gasteiger charge is 2.12. The number of aryl methyl sites for hydroxylation is 1. The van der Waals surface area contributed by atoms with Crippen LogP contribution in [0.2, 0.25) is 0 Å². The Balaban J connectivity index is 2.42. The molecule has 0 saturated carbocycles. The van der Waals surface area contributed by atoms with E-state index in [1.807, 2.05) is 13.0 Å². The Morgan fingerprint density at radius 3 is 2.80 bits per heavy atom. The Hall–Kier alpha value is -1.72. The predicted octanol–water partition coefficient (Wildman–Crippen LogP) is 1.03. The summed E-state index contributed by atoms with van der Waals surface area (Å²) in [6.07, 6.45) is 1.27. The molecule has 5 nitrogen and oxygen atoms in total. The van der Waals surface area contributed by atoms with Crippen molar-refractivity contribution in [1.82, 2.24) is 9.97 Å². The third-order valence-corrected chi connectivity index (χ3v) is 2.02. The molecular formula is C10H10N2O3. The molecule has 0 spiro atoms. The van der Waals surface area contributed by atoms with Gasteiger partial charge in [-0.05, 0) is 19.1 Å². The third kappa shape index (κ3) is 1.88. The summed E-state index contributed by atoms with van der Waals surface area (Å²) in [5.74, 6) is 0.337. The summed E-state index contributed by atoms with van der Waals surface area (Å²) in [7, 11) is 0. The Morgan fingerprint density at radius 2 is 2.20 bits per heavy atom. The molecule has 2 aromatic heterocycles. The van der Waals surface area contributed by atoms with Gasteiger partial charge in [-0.1, -0.05) is 0 Å². The van der Waals surface area contributed by atoms with E-state index in [0.717, 1.165) is 11.3 Å². The molecule has 0 atom stereocenters. The second-order valence-electron chi connectivity index (χ2n) is 3.09. The van der Waals surface area contributed by atoms with Crippen LogP contribution in [-0.4, -0.2) is 20.2 Å². The van der Waals surface area contributed by atoms with E-state index >= 15 is 0 Å². The van der Waals surface area contributed by atoms with Gasteiger partial charge in [0.05, 0.1) is 5.56 Å². The highest BCUT2D eigenvalue weighted by atomic mass is 16.5. The average molecular weight is 206 g/mol. The van der Waals surface area contributed by atoms with Crippen LogP contribution >= 0.6 is 0 Å². The lowest BCUT2D eigenvalue weighted by Crippen LogP contribution is -1.94. The van der Waals surface area contributed by atoms with E-state index in [1.54, 1.807) is 12.3 Å². The van der Waals surface area contributed by atoms with E-state index in [4.69, 9.17) is 14.6 Å². The fourth-order valence-electron chi connectivity index (χ4n) is 1.24. The van der Waals surface area contributed by atoms with Crippen molar-refractivity contribution >= 4 is 0 Å². The summed E-state index contributed by atoms with van der Waals surface area (Å²) in [6, 6.07) is 3.57. The molecule has 2 aromatic rings. The zero-order valence-corrected chi connectivity index (χ0v) is 8.08. The Morgan fingerprint density at radius 1 is 1.40 bits per heavy atom. The fraction of sp³-hybridized carbons (Fsp3) is 0.200. The molecule has 0 radical (unpaired) electrons. The van der Waals surface area contributed by atoms with Crippen LogP contribution in [0.4, 0.5) is 0 Å². The Labute approximate surface area is 86.0 Å². The van der Waals surface area contributed by atoms with Crippen LogP contribution in [0, 0.1) is 6.92 Å². The van der Waals surface area contributed by atoms with Crippen molar-refractivity contribution in [2.75, 3.05) is 0 Å². The van der Waals surface area contributed by atoms with Crippen molar-refractivity contribution in [3.05, 3.63) is 36.0 Å². The highest BCUT2D eigenvalue weighted by Crippen LogP contribution is 2.22. The molecule has 0 fully saturated rings. The molecule has 0 bridgehead atoms. The topological polar surface area (TPSA) is 79.4 Å². The van der Waals surface area contributed by atoms with Gasteiger partial charge in [0, 0.05) is 11.9 Å². The minimum absolute atomic E-state index is 0.0910. The largest absolute Gasteiger partial charge is 0.444 e. The predicted molar refractivity (Wildman–Crippen MR) is 51.6 cm³/mol. The summed E-state index contributed by atoms with van der Waals surface area (Å²) < 4.78 is 5.12.